The van der Waals surface area contributed by atoms with Gasteiger partial charge in [-0.1, -0.05) is 18.2 Å². The molecule has 0 aromatic heterocycles. The number of hydrogen-bond donors (Lipinski definition) is 1. The fraction of sp³-hybridized carbons (Fsp3) is 0.625. The Morgan fingerprint density at radius 2 is 1.95 bits per heavy atom. The lowest BCUT2D eigenvalue weighted by molar-refractivity contribution is 0.100. The fourth-order valence-corrected chi connectivity index (χ4v) is 2.98. The Morgan fingerprint density at radius 3 is 2.70 bits per heavy atom. The highest BCUT2D eigenvalue weighted by Gasteiger charge is 2.31. The summed E-state index contributed by atoms with van der Waals surface area (Å²) in [6.07, 6.45) is 1.00. The van der Waals surface area contributed by atoms with E-state index in [0.29, 0.717) is 0 Å². The Balaban J connectivity index is 1.63. The third-order valence-corrected chi connectivity index (χ3v) is 4.17. The molecule has 1 N–H and O–H groups in total. The van der Waals surface area contributed by atoms with Crippen molar-refractivity contribution in [1.82, 2.24) is 15.3 Å². The number of piperazine rings is 1. The summed E-state index contributed by atoms with van der Waals surface area (Å²) in [6.45, 7) is 9.58. The minimum Gasteiger partial charge on any atom is -0.487 e. The van der Waals surface area contributed by atoms with Gasteiger partial charge in [-0.3, -0.25) is 5.43 Å². The molecule has 1 aromatic rings. The van der Waals surface area contributed by atoms with E-state index in [1.165, 1.54) is 11.1 Å². The van der Waals surface area contributed by atoms with Gasteiger partial charge in [0, 0.05) is 44.7 Å². The molecule has 1 fully saturated rings. The van der Waals surface area contributed by atoms with Gasteiger partial charge in [-0.15, -0.1) is 0 Å². The zero-order valence-corrected chi connectivity index (χ0v) is 12.8. The van der Waals surface area contributed by atoms with Crippen molar-refractivity contribution in [2.45, 2.75) is 32.4 Å². The van der Waals surface area contributed by atoms with Gasteiger partial charge < -0.3 is 9.64 Å². The van der Waals surface area contributed by atoms with Crippen molar-refractivity contribution in [3.05, 3.63) is 29.3 Å². The van der Waals surface area contributed by atoms with E-state index in [4.69, 9.17) is 4.74 Å². The molecule has 20 heavy (non-hydrogen) atoms. The summed E-state index contributed by atoms with van der Waals surface area (Å²) in [6, 6.07) is 6.50. The fourth-order valence-electron chi connectivity index (χ4n) is 2.98. The second-order valence-corrected chi connectivity index (χ2v) is 6.57. The van der Waals surface area contributed by atoms with Gasteiger partial charge in [0.15, 0.2) is 0 Å². The Bertz CT molecular complexity index is 479. The molecule has 0 aliphatic carbocycles. The van der Waals surface area contributed by atoms with Crippen molar-refractivity contribution in [1.29, 1.82) is 0 Å². The number of ether oxygens (including phenoxy) is 1. The Labute approximate surface area is 121 Å². The third kappa shape index (κ3) is 2.97. The molecule has 4 nitrogen and oxygen atoms in total. The molecule has 4 heteroatoms. The molecule has 0 atom stereocenters. The molecule has 0 radical (unpaired) electrons. The number of likely N-dealkylation sites (N-methyl/N-ethyl adjacent to an activating group) is 1. The van der Waals surface area contributed by atoms with E-state index in [2.05, 4.69) is 54.4 Å². The summed E-state index contributed by atoms with van der Waals surface area (Å²) in [4.78, 5) is 2.37. The van der Waals surface area contributed by atoms with Crippen LogP contribution in [0.15, 0.2) is 18.2 Å². The van der Waals surface area contributed by atoms with Gasteiger partial charge in [-0.05, 0) is 26.5 Å². The molecule has 0 saturated carbocycles. The summed E-state index contributed by atoms with van der Waals surface area (Å²) in [5.74, 6) is 1.10. The SMILES string of the molecule is CN1CCN(NCc2cccc3c2OC(C)(C)C3)CC1. The zero-order chi connectivity index (χ0) is 14.2. The molecule has 0 spiro atoms. The number of nitrogens with one attached hydrogen (secondary N) is 1. The Morgan fingerprint density at radius 1 is 1.20 bits per heavy atom. The average molecular weight is 275 g/mol. The third-order valence-electron chi connectivity index (χ3n) is 4.17. The molecule has 2 aliphatic heterocycles. The van der Waals surface area contributed by atoms with E-state index in [-0.39, 0.29) is 5.60 Å². The van der Waals surface area contributed by atoms with Crippen molar-refractivity contribution in [3.63, 3.8) is 0 Å². The van der Waals surface area contributed by atoms with E-state index < -0.39 is 0 Å². The van der Waals surface area contributed by atoms with Crippen LogP contribution in [-0.4, -0.2) is 48.7 Å². The number of benzene rings is 1. The Hall–Kier alpha value is -1.10. The minimum absolute atomic E-state index is 0.0632. The summed E-state index contributed by atoms with van der Waals surface area (Å²) in [5.41, 5.74) is 6.09. The van der Waals surface area contributed by atoms with Gasteiger partial charge in [-0.25, -0.2) is 5.01 Å². The van der Waals surface area contributed by atoms with Crippen LogP contribution >= 0.6 is 0 Å². The van der Waals surface area contributed by atoms with Crippen LogP contribution in [-0.2, 0) is 13.0 Å². The maximum absolute atomic E-state index is 6.12. The molecule has 0 amide bonds. The van der Waals surface area contributed by atoms with Crippen LogP contribution in [0.25, 0.3) is 0 Å². The molecule has 3 rings (SSSR count). The normalized spacial score (nSPS) is 22.6. The molecule has 2 heterocycles. The first-order valence-corrected chi connectivity index (χ1v) is 7.50. The molecule has 1 aromatic carbocycles. The average Bonchev–Trinajstić information content (AvgIpc) is 2.72. The first-order chi connectivity index (χ1) is 9.53. The quantitative estimate of drug-likeness (QED) is 0.908. The second kappa shape index (κ2) is 5.35. The molecule has 1 saturated heterocycles. The number of hydrogen-bond acceptors (Lipinski definition) is 4. The monoisotopic (exact) mass is 275 g/mol. The minimum atomic E-state index is -0.0632. The molecular formula is C16H25N3O. The summed E-state index contributed by atoms with van der Waals surface area (Å²) in [5, 5.41) is 2.32. The summed E-state index contributed by atoms with van der Waals surface area (Å²) >= 11 is 0. The maximum Gasteiger partial charge on any atom is 0.128 e. The van der Waals surface area contributed by atoms with Crippen molar-refractivity contribution in [2.75, 3.05) is 33.2 Å². The number of fused-ring (bicyclic) bond motifs is 1. The number of hydrazine groups is 1. The van der Waals surface area contributed by atoms with Gasteiger partial charge in [-0.2, -0.15) is 0 Å². The number of rotatable bonds is 3. The van der Waals surface area contributed by atoms with E-state index in [9.17, 15) is 0 Å². The van der Waals surface area contributed by atoms with Crippen LogP contribution in [0.5, 0.6) is 5.75 Å². The van der Waals surface area contributed by atoms with E-state index in [1.807, 2.05) is 0 Å². The van der Waals surface area contributed by atoms with Gasteiger partial charge in [0.1, 0.15) is 11.4 Å². The van der Waals surface area contributed by atoms with Gasteiger partial charge in [0.25, 0.3) is 0 Å². The lowest BCUT2D eigenvalue weighted by Crippen LogP contribution is -2.50. The van der Waals surface area contributed by atoms with Crippen molar-refractivity contribution in [3.8, 4) is 5.75 Å². The van der Waals surface area contributed by atoms with Crippen LogP contribution in [0.2, 0.25) is 0 Å². The Kier molecular flexibility index (Phi) is 3.71. The van der Waals surface area contributed by atoms with Crippen molar-refractivity contribution in [2.24, 2.45) is 0 Å². The molecule has 0 unspecified atom stereocenters. The number of para-hydroxylation sites is 1. The second-order valence-electron chi connectivity index (χ2n) is 6.57. The van der Waals surface area contributed by atoms with Gasteiger partial charge in [0.2, 0.25) is 0 Å². The van der Waals surface area contributed by atoms with E-state index in [1.54, 1.807) is 0 Å². The molecular weight excluding hydrogens is 250 g/mol. The first-order valence-electron chi connectivity index (χ1n) is 7.50. The van der Waals surface area contributed by atoms with Crippen LogP contribution in [0.3, 0.4) is 0 Å². The zero-order valence-electron chi connectivity index (χ0n) is 12.8. The smallest absolute Gasteiger partial charge is 0.128 e. The predicted octanol–water partition coefficient (Wildman–Crippen LogP) is 1.65. The molecule has 0 bridgehead atoms. The van der Waals surface area contributed by atoms with Crippen molar-refractivity contribution >= 4 is 0 Å². The largest absolute Gasteiger partial charge is 0.487 e. The number of nitrogens with zero attached hydrogens (tertiary/aromatic N) is 2. The van der Waals surface area contributed by atoms with Gasteiger partial charge >= 0.3 is 0 Å². The molecule has 2 aliphatic rings. The summed E-state index contributed by atoms with van der Waals surface area (Å²) in [7, 11) is 2.18. The maximum atomic E-state index is 6.12. The lowest BCUT2D eigenvalue weighted by atomic mass is 10.0. The van der Waals surface area contributed by atoms with E-state index in [0.717, 1.165) is 44.9 Å². The lowest BCUT2D eigenvalue weighted by Gasteiger charge is -2.32. The van der Waals surface area contributed by atoms with Crippen LogP contribution in [0.4, 0.5) is 0 Å². The van der Waals surface area contributed by atoms with Crippen LogP contribution < -0.4 is 10.2 Å². The summed E-state index contributed by atoms with van der Waals surface area (Å²) < 4.78 is 6.12. The van der Waals surface area contributed by atoms with Crippen LogP contribution in [0.1, 0.15) is 25.0 Å². The highest BCUT2D eigenvalue weighted by molar-refractivity contribution is 5.45. The van der Waals surface area contributed by atoms with Gasteiger partial charge in [0.05, 0.1) is 0 Å². The van der Waals surface area contributed by atoms with E-state index >= 15 is 0 Å². The topological polar surface area (TPSA) is 27.7 Å². The first kappa shape index (κ1) is 13.9. The van der Waals surface area contributed by atoms with Crippen molar-refractivity contribution < 1.29 is 4.74 Å². The highest BCUT2D eigenvalue weighted by Crippen LogP contribution is 2.37. The molecule has 110 valence electrons. The standard InChI is InChI=1S/C16H25N3O/c1-16(2)11-13-5-4-6-14(15(13)20-16)12-17-19-9-7-18(3)8-10-19/h4-6,17H,7-12H2,1-3H3. The highest BCUT2D eigenvalue weighted by atomic mass is 16.5. The van der Waals surface area contributed by atoms with Crippen LogP contribution in [0, 0.1) is 0 Å². The predicted molar refractivity (Wildman–Crippen MR) is 80.8 cm³/mol.